The molecule has 0 amide bonds. The number of nitrogens with zero attached hydrogens (tertiary/aromatic N) is 5. The topological polar surface area (TPSA) is 86.8 Å². The van der Waals surface area contributed by atoms with Gasteiger partial charge in [-0.2, -0.15) is 17.7 Å². The van der Waals surface area contributed by atoms with Crippen LogP contribution in [0.5, 0.6) is 0 Å². The minimum Gasteiger partial charge on any atom is -0.393 e. The monoisotopic (exact) mass is 345 g/mol. The van der Waals surface area contributed by atoms with Gasteiger partial charge in [-0.15, -0.1) is 15.3 Å². The van der Waals surface area contributed by atoms with Crippen LogP contribution in [0.2, 0.25) is 0 Å². The summed E-state index contributed by atoms with van der Waals surface area (Å²) in [5.41, 5.74) is -0.0140. The molecule has 2 N–H and O–H groups in total. The van der Waals surface area contributed by atoms with E-state index in [9.17, 15) is 23.4 Å². The lowest BCUT2D eigenvalue weighted by atomic mass is 9.93. The van der Waals surface area contributed by atoms with Crippen LogP contribution in [0.15, 0.2) is 0 Å². The van der Waals surface area contributed by atoms with E-state index in [2.05, 4.69) is 15.3 Å². The van der Waals surface area contributed by atoms with E-state index in [1.165, 1.54) is 0 Å². The number of piperidine rings is 1. The molecule has 1 aliphatic heterocycles. The SMILES string of the molecule is Cc1c(N2CCCC(O)(CO)C2)nn2c(C(F)(F)F)nnc2c1C. The second-order valence-corrected chi connectivity index (χ2v) is 6.24. The highest BCUT2D eigenvalue weighted by Crippen LogP contribution is 2.32. The molecule has 0 bridgehead atoms. The first kappa shape index (κ1) is 16.9. The molecule has 1 atom stereocenters. The normalized spacial score (nSPS) is 22.4. The minimum atomic E-state index is -4.67. The molecule has 0 aliphatic carbocycles. The van der Waals surface area contributed by atoms with Gasteiger partial charge in [0.2, 0.25) is 0 Å². The number of β-amino-alcohol motifs (C(OH)–C–C–N with tert-alkyl or cyclic N) is 1. The van der Waals surface area contributed by atoms with Crippen LogP contribution < -0.4 is 4.90 Å². The smallest absolute Gasteiger partial charge is 0.393 e. The van der Waals surface area contributed by atoms with Gasteiger partial charge in [0, 0.05) is 17.7 Å². The van der Waals surface area contributed by atoms with Crippen LogP contribution in [-0.2, 0) is 6.18 Å². The maximum atomic E-state index is 13.1. The average Bonchev–Trinajstić information content (AvgIpc) is 2.95. The van der Waals surface area contributed by atoms with Crippen molar-refractivity contribution in [2.75, 3.05) is 24.6 Å². The summed E-state index contributed by atoms with van der Waals surface area (Å²) in [6.45, 7) is 3.62. The summed E-state index contributed by atoms with van der Waals surface area (Å²) >= 11 is 0. The molecule has 1 fully saturated rings. The summed E-state index contributed by atoms with van der Waals surface area (Å²) in [6, 6.07) is 0. The van der Waals surface area contributed by atoms with Crippen molar-refractivity contribution < 1.29 is 23.4 Å². The summed E-state index contributed by atoms with van der Waals surface area (Å²) < 4.78 is 40.0. The largest absolute Gasteiger partial charge is 0.453 e. The van der Waals surface area contributed by atoms with E-state index in [-0.39, 0.29) is 12.2 Å². The van der Waals surface area contributed by atoms with Crippen molar-refractivity contribution in [1.82, 2.24) is 19.8 Å². The first-order valence-corrected chi connectivity index (χ1v) is 7.54. The van der Waals surface area contributed by atoms with Crippen LogP contribution in [-0.4, -0.2) is 55.3 Å². The number of anilines is 1. The van der Waals surface area contributed by atoms with Crippen molar-refractivity contribution in [1.29, 1.82) is 0 Å². The number of halogens is 3. The number of aliphatic hydroxyl groups excluding tert-OH is 1. The number of aliphatic hydroxyl groups is 2. The minimum absolute atomic E-state index is 0.0537. The van der Waals surface area contributed by atoms with Gasteiger partial charge in [0.25, 0.3) is 5.82 Å². The zero-order valence-corrected chi connectivity index (χ0v) is 13.3. The number of rotatable bonds is 2. The van der Waals surface area contributed by atoms with Crippen molar-refractivity contribution in [3.8, 4) is 0 Å². The Labute approximate surface area is 135 Å². The number of aromatic nitrogens is 4. The third-order valence-corrected chi connectivity index (χ3v) is 4.47. The van der Waals surface area contributed by atoms with Gasteiger partial charge >= 0.3 is 6.18 Å². The van der Waals surface area contributed by atoms with Gasteiger partial charge in [-0.25, -0.2) is 0 Å². The highest BCUT2D eigenvalue weighted by atomic mass is 19.4. The molecule has 2 aromatic heterocycles. The second-order valence-electron chi connectivity index (χ2n) is 6.24. The molecule has 1 saturated heterocycles. The summed E-state index contributed by atoms with van der Waals surface area (Å²) in [5, 5.41) is 30.6. The average molecular weight is 345 g/mol. The van der Waals surface area contributed by atoms with Crippen LogP contribution in [0.25, 0.3) is 5.65 Å². The molecule has 0 radical (unpaired) electrons. The fourth-order valence-corrected chi connectivity index (χ4v) is 3.01. The second kappa shape index (κ2) is 5.55. The summed E-state index contributed by atoms with van der Waals surface area (Å²) in [7, 11) is 0. The number of fused-ring (bicyclic) bond motifs is 1. The number of aryl methyl sites for hydroxylation is 1. The fourth-order valence-electron chi connectivity index (χ4n) is 3.01. The zero-order chi connectivity index (χ0) is 17.7. The third kappa shape index (κ3) is 2.69. The fraction of sp³-hybridized carbons (Fsp3) is 0.643. The lowest BCUT2D eigenvalue weighted by Gasteiger charge is -2.39. The van der Waals surface area contributed by atoms with Gasteiger partial charge in [0.05, 0.1) is 13.2 Å². The summed E-state index contributed by atoms with van der Waals surface area (Å²) in [5.74, 6) is -0.854. The molecular weight excluding hydrogens is 327 g/mol. The zero-order valence-electron chi connectivity index (χ0n) is 13.3. The number of alkyl halides is 3. The first-order valence-electron chi connectivity index (χ1n) is 7.54. The van der Waals surface area contributed by atoms with Gasteiger partial charge in [0.1, 0.15) is 5.60 Å². The Bertz CT molecular complexity index is 776. The number of hydrogen-bond donors (Lipinski definition) is 2. The number of hydrogen-bond acceptors (Lipinski definition) is 6. The van der Waals surface area contributed by atoms with Crippen LogP contribution in [0.4, 0.5) is 19.0 Å². The van der Waals surface area contributed by atoms with Gasteiger partial charge in [-0.05, 0) is 26.7 Å². The third-order valence-electron chi connectivity index (χ3n) is 4.47. The molecule has 132 valence electrons. The quantitative estimate of drug-likeness (QED) is 0.847. The Morgan fingerprint density at radius 1 is 1.21 bits per heavy atom. The van der Waals surface area contributed by atoms with E-state index in [4.69, 9.17) is 0 Å². The molecule has 10 heteroatoms. The van der Waals surface area contributed by atoms with E-state index >= 15 is 0 Å². The molecule has 3 rings (SSSR count). The maximum Gasteiger partial charge on any atom is 0.453 e. The van der Waals surface area contributed by atoms with Crippen LogP contribution in [0, 0.1) is 13.8 Å². The molecule has 3 heterocycles. The van der Waals surface area contributed by atoms with Crippen LogP contribution >= 0.6 is 0 Å². The molecule has 0 aromatic carbocycles. The van der Waals surface area contributed by atoms with Gasteiger partial charge in [-0.3, -0.25) is 0 Å². The molecule has 7 nitrogen and oxygen atoms in total. The molecule has 2 aromatic rings. The van der Waals surface area contributed by atoms with Crippen LogP contribution in [0.3, 0.4) is 0 Å². The Hall–Kier alpha value is -1.94. The van der Waals surface area contributed by atoms with E-state index in [1.807, 2.05) is 0 Å². The molecule has 0 spiro atoms. The molecule has 24 heavy (non-hydrogen) atoms. The molecule has 1 aliphatic rings. The lowest BCUT2D eigenvalue weighted by molar-refractivity contribution is -0.146. The standard InChI is InChI=1S/C14H18F3N5O2/c1-8-9(2)11(21-5-3-4-13(24,6-21)7-23)20-22-10(8)18-19-12(22)14(15,16)17/h23-24H,3-7H2,1-2H3. The molecule has 1 unspecified atom stereocenters. The van der Waals surface area contributed by atoms with E-state index in [0.29, 0.717) is 40.8 Å². The van der Waals surface area contributed by atoms with Crippen molar-refractivity contribution >= 4 is 11.5 Å². The van der Waals surface area contributed by atoms with Gasteiger partial charge < -0.3 is 15.1 Å². The molecule has 0 saturated carbocycles. The molecular formula is C14H18F3N5O2. The summed E-state index contributed by atoms with van der Waals surface area (Å²) in [6.07, 6.45) is -3.64. The van der Waals surface area contributed by atoms with Crippen molar-refractivity contribution in [3.05, 3.63) is 17.0 Å². The summed E-state index contributed by atoms with van der Waals surface area (Å²) in [4.78, 5) is 1.70. The van der Waals surface area contributed by atoms with Crippen LogP contribution in [0.1, 0.15) is 29.8 Å². The predicted molar refractivity (Wildman–Crippen MR) is 78.7 cm³/mol. The first-order chi connectivity index (χ1) is 11.2. The van der Waals surface area contributed by atoms with Gasteiger partial charge in [-0.1, -0.05) is 0 Å². The van der Waals surface area contributed by atoms with E-state index in [0.717, 1.165) is 0 Å². The lowest BCUT2D eigenvalue weighted by Crippen LogP contribution is -2.51. The van der Waals surface area contributed by atoms with E-state index < -0.39 is 24.2 Å². The highest BCUT2D eigenvalue weighted by Gasteiger charge is 2.39. The highest BCUT2D eigenvalue weighted by molar-refractivity contribution is 5.59. The Morgan fingerprint density at radius 3 is 2.54 bits per heavy atom. The van der Waals surface area contributed by atoms with E-state index in [1.54, 1.807) is 18.7 Å². The Balaban J connectivity index is 2.13. The van der Waals surface area contributed by atoms with Crippen molar-refractivity contribution in [2.45, 2.75) is 38.5 Å². The van der Waals surface area contributed by atoms with Crippen molar-refractivity contribution in [3.63, 3.8) is 0 Å². The Morgan fingerprint density at radius 2 is 1.92 bits per heavy atom. The Kier molecular flexibility index (Phi) is 3.91. The predicted octanol–water partition coefficient (Wildman–Crippen LogP) is 1.08. The van der Waals surface area contributed by atoms with Crippen molar-refractivity contribution in [2.24, 2.45) is 0 Å². The maximum absolute atomic E-state index is 13.1. The van der Waals surface area contributed by atoms with Gasteiger partial charge in [0.15, 0.2) is 11.5 Å².